The van der Waals surface area contributed by atoms with Crippen LogP contribution in [0.3, 0.4) is 0 Å². The number of alkyl halides is 3. The number of aromatic nitrogens is 1. The van der Waals surface area contributed by atoms with E-state index in [0.717, 1.165) is 0 Å². The summed E-state index contributed by atoms with van der Waals surface area (Å²) in [5.74, 6) is -0.485. The van der Waals surface area contributed by atoms with E-state index in [1.807, 2.05) is 0 Å². The summed E-state index contributed by atoms with van der Waals surface area (Å²) in [6, 6.07) is 6.14. The monoisotopic (exact) mass is 212 g/mol. The molecular formula is C10H7F3N2. The zero-order valence-electron chi connectivity index (χ0n) is 7.55. The van der Waals surface area contributed by atoms with Crippen molar-refractivity contribution in [3.63, 3.8) is 0 Å². The fourth-order valence-corrected chi connectivity index (χ4v) is 1.48. The maximum atomic E-state index is 12.7. The van der Waals surface area contributed by atoms with Crippen LogP contribution in [0.1, 0.15) is 5.56 Å². The molecule has 1 aromatic heterocycles. The summed E-state index contributed by atoms with van der Waals surface area (Å²) >= 11 is 0. The molecule has 0 bridgehead atoms. The third-order valence-corrected chi connectivity index (χ3v) is 2.11. The number of benzene rings is 1. The first-order chi connectivity index (χ1) is 7.00. The van der Waals surface area contributed by atoms with Crippen molar-refractivity contribution in [1.82, 2.24) is 4.98 Å². The average Bonchev–Trinajstić information content (AvgIpc) is 2.15. The Morgan fingerprint density at radius 1 is 1.13 bits per heavy atom. The molecule has 1 heterocycles. The van der Waals surface area contributed by atoms with Gasteiger partial charge in [-0.1, -0.05) is 24.3 Å². The molecule has 15 heavy (non-hydrogen) atoms. The molecule has 0 atom stereocenters. The van der Waals surface area contributed by atoms with E-state index in [2.05, 4.69) is 4.98 Å². The van der Waals surface area contributed by atoms with E-state index in [4.69, 9.17) is 5.73 Å². The molecule has 2 rings (SSSR count). The molecule has 2 N–H and O–H groups in total. The molecule has 0 fully saturated rings. The minimum atomic E-state index is -4.47. The van der Waals surface area contributed by atoms with Crippen molar-refractivity contribution >= 4 is 16.6 Å². The van der Waals surface area contributed by atoms with Crippen molar-refractivity contribution in [2.75, 3.05) is 5.73 Å². The lowest BCUT2D eigenvalue weighted by molar-refractivity contribution is -0.135. The molecule has 0 spiro atoms. The Hall–Kier alpha value is -1.78. The number of rotatable bonds is 0. The number of nitrogens with zero attached hydrogens (tertiary/aromatic N) is 1. The lowest BCUT2D eigenvalue weighted by atomic mass is 10.1. The summed E-state index contributed by atoms with van der Waals surface area (Å²) in [4.78, 5) is 3.53. The number of fused-ring (bicyclic) bond motifs is 1. The van der Waals surface area contributed by atoms with Crippen LogP contribution in [0.2, 0.25) is 0 Å². The van der Waals surface area contributed by atoms with E-state index < -0.39 is 17.6 Å². The van der Waals surface area contributed by atoms with Gasteiger partial charge in [-0.3, -0.25) is 0 Å². The molecule has 1 aromatic carbocycles. The second-order valence-corrected chi connectivity index (χ2v) is 3.10. The summed E-state index contributed by atoms with van der Waals surface area (Å²) in [6.07, 6.45) is -3.14. The van der Waals surface area contributed by atoms with Crippen molar-refractivity contribution in [3.05, 3.63) is 36.0 Å². The number of halogens is 3. The van der Waals surface area contributed by atoms with Crippen LogP contribution in [0.25, 0.3) is 10.8 Å². The molecule has 0 amide bonds. The Morgan fingerprint density at radius 3 is 2.47 bits per heavy atom. The van der Waals surface area contributed by atoms with E-state index in [1.54, 1.807) is 12.1 Å². The van der Waals surface area contributed by atoms with E-state index in [0.29, 0.717) is 5.39 Å². The van der Waals surface area contributed by atoms with Gasteiger partial charge in [-0.05, 0) is 5.39 Å². The normalized spacial score (nSPS) is 11.9. The van der Waals surface area contributed by atoms with Crippen LogP contribution >= 0.6 is 0 Å². The van der Waals surface area contributed by atoms with Crippen molar-refractivity contribution in [2.45, 2.75) is 6.18 Å². The van der Waals surface area contributed by atoms with Gasteiger partial charge in [0.15, 0.2) is 0 Å². The minimum Gasteiger partial charge on any atom is -0.383 e. The molecule has 0 aliphatic heterocycles. The molecule has 0 saturated heterocycles. The molecule has 5 heteroatoms. The third-order valence-electron chi connectivity index (χ3n) is 2.11. The summed E-state index contributed by atoms with van der Waals surface area (Å²) in [5.41, 5.74) is 4.38. The summed E-state index contributed by atoms with van der Waals surface area (Å²) in [7, 11) is 0. The molecule has 0 aliphatic carbocycles. The van der Waals surface area contributed by atoms with Gasteiger partial charge in [0.1, 0.15) is 11.4 Å². The third kappa shape index (κ3) is 1.60. The van der Waals surface area contributed by atoms with Gasteiger partial charge in [0, 0.05) is 11.6 Å². The van der Waals surface area contributed by atoms with Crippen LogP contribution < -0.4 is 5.73 Å². The SMILES string of the molecule is Nc1ncc2ccccc2c1C(F)(F)F. The minimum absolute atomic E-state index is 0.0810. The highest BCUT2D eigenvalue weighted by atomic mass is 19.4. The second-order valence-electron chi connectivity index (χ2n) is 3.10. The number of hydrogen-bond donors (Lipinski definition) is 1. The fourth-order valence-electron chi connectivity index (χ4n) is 1.48. The summed E-state index contributed by atoms with van der Waals surface area (Å²) < 4.78 is 38.0. The maximum absolute atomic E-state index is 12.7. The molecule has 0 radical (unpaired) electrons. The maximum Gasteiger partial charge on any atom is 0.420 e. The fraction of sp³-hybridized carbons (Fsp3) is 0.100. The first-order valence-corrected chi connectivity index (χ1v) is 4.20. The van der Waals surface area contributed by atoms with Crippen molar-refractivity contribution in [1.29, 1.82) is 0 Å². The quantitative estimate of drug-likeness (QED) is 0.729. The van der Waals surface area contributed by atoms with Gasteiger partial charge in [-0.2, -0.15) is 13.2 Å². The lowest BCUT2D eigenvalue weighted by Gasteiger charge is -2.11. The van der Waals surface area contributed by atoms with Gasteiger partial charge in [0.25, 0.3) is 0 Å². The van der Waals surface area contributed by atoms with Crippen molar-refractivity contribution in [3.8, 4) is 0 Å². The highest BCUT2D eigenvalue weighted by Crippen LogP contribution is 2.37. The van der Waals surface area contributed by atoms with Gasteiger partial charge in [0.05, 0.1) is 0 Å². The zero-order valence-corrected chi connectivity index (χ0v) is 7.55. The average molecular weight is 212 g/mol. The van der Waals surface area contributed by atoms with Gasteiger partial charge >= 0.3 is 6.18 Å². The predicted octanol–water partition coefficient (Wildman–Crippen LogP) is 2.84. The van der Waals surface area contributed by atoms with Gasteiger partial charge in [-0.25, -0.2) is 4.98 Å². The highest BCUT2D eigenvalue weighted by molar-refractivity contribution is 5.88. The van der Waals surface area contributed by atoms with Gasteiger partial charge in [0.2, 0.25) is 0 Å². The Balaban J connectivity index is 2.86. The van der Waals surface area contributed by atoms with Gasteiger partial charge < -0.3 is 5.73 Å². The van der Waals surface area contributed by atoms with Gasteiger partial charge in [-0.15, -0.1) is 0 Å². The Morgan fingerprint density at radius 2 is 1.80 bits per heavy atom. The van der Waals surface area contributed by atoms with Crippen molar-refractivity contribution < 1.29 is 13.2 Å². The van der Waals surface area contributed by atoms with Crippen LogP contribution in [-0.4, -0.2) is 4.98 Å². The Kier molecular flexibility index (Phi) is 2.03. The molecule has 0 unspecified atom stereocenters. The Labute approximate surface area is 83.5 Å². The highest BCUT2D eigenvalue weighted by Gasteiger charge is 2.35. The van der Waals surface area contributed by atoms with E-state index in [-0.39, 0.29) is 5.39 Å². The molecular weight excluding hydrogens is 205 g/mol. The smallest absolute Gasteiger partial charge is 0.383 e. The summed E-state index contributed by atoms with van der Waals surface area (Å²) in [6.45, 7) is 0. The van der Waals surface area contributed by atoms with Crippen molar-refractivity contribution in [2.24, 2.45) is 0 Å². The number of nitrogen functional groups attached to an aromatic ring is 1. The standard InChI is InChI=1S/C10H7F3N2/c11-10(12,13)8-7-4-2-1-3-6(7)5-15-9(8)14/h1-5H,(H2,14,15). The Bertz CT molecular complexity index is 505. The van der Waals surface area contributed by atoms with E-state index in [9.17, 15) is 13.2 Å². The second kappa shape index (κ2) is 3.12. The lowest BCUT2D eigenvalue weighted by Crippen LogP contribution is -2.11. The first-order valence-electron chi connectivity index (χ1n) is 4.20. The van der Waals surface area contributed by atoms with Crippen LogP contribution in [0.15, 0.2) is 30.5 Å². The molecule has 0 aliphatic rings. The first kappa shape index (κ1) is 9.76. The van der Waals surface area contributed by atoms with Crippen LogP contribution in [0, 0.1) is 0 Å². The molecule has 78 valence electrons. The number of pyridine rings is 1. The number of anilines is 1. The molecule has 2 aromatic rings. The largest absolute Gasteiger partial charge is 0.420 e. The van der Waals surface area contributed by atoms with Crippen LogP contribution in [0.4, 0.5) is 19.0 Å². The zero-order chi connectivity index (χ0) is 11.1. The predicted molar refractivity (Wildman–Crippen MR) is 51.2 cm³/mol. The number of nitrogens with two attached hydrogens (primary N) is 1. The molecule has 0 saturated carbocycles. The van der Waals surface area contributed by atoms with E-state index in [1.165, 1.54) is 18.3 Å². The molecule has 2 nitrogen and oxygen atoms in total. The van der Waals surface area contributed by atoms with E-state index >= 15 is 0 Å². The van der Waals surface area contributed by atoms with Crippen LogP contribution in [-0.2, 0) is 6.18 Å². The summed E-state index contributed by atoms with van der Waals surface area (Å²) in [5, 5.41) is 0.511. The topological polar surface area (TPSA) is 38.9 Å². The number of hydrogen-bond acceptors (Lipinski definition) is 2. The van der Waals surface area contributed by atoms with Crippen LogP contribution in [0.5, 0.6) is 0 Å².